The van der Waals surface area contributed by atoms with Gasteiger partial charge in [0, 0.05) is 49.8 Å². The number of likely N-dealkylation sites (N-methyl/N-ethyl adjacent to an activating group) is 1. The van der Waals surface area contributed by atoms with Crippen molar-refractivity contribution in [3.8, 4) is 0 Å². The average Bonchev–Trinajstić information content (AvgIpc) is 4.10. The Balaban J connectivity index is 0.000000281. The zero-order valence-electron chi connectivity index (χ0n) is 43.7. The Labute approximate surface area is 394 Å². The molecule has 0 aromatic heterocycles. The average molecular weight is 895 g/mol. The van der Waals surface area contributed by atoms with Crippen molar-refractivity contribution in [2.24, 2.45) is 70.8 Å². The molecule has 0 radical (unpaired) electrons. The number of allylic oxidation sites excluding steroid dienone is 1. The maximum Gasteiger partial charge on any atom is 0.241 e. The predicted molar refractivity (Wildman–Crippen MR) is 276 cm³/mol. The van der Waals surface area contributed by atoms with Crippen molar-refractivity contribution in [2.45, 2.75) is 152 Å². The Kier molecular flexibility index (Phi) is 27.0. The first-order chi connectivity index (χ1) is 30.2. The number of nitrogens with two attached hydrogens (primary N) is 1. The second-order valence-corrected chi connectivity index (χ2v) is 21.9. The standard InChI is InChI=1S/C15H22N2O.C11H24N2O.C11H22N2.C9H19N.C8H15N/c1-10(2)12-8-14(16-9-12)15(18)17-13-6-4-5-11(3)7-13;1-8(2)9-6-10(13-7-9)11(14)4-5-12-3;1-8(2)10-6-11(12-7-10)9(3)13(4)5;1-7(2)9-5-3-4-8(9)6-10;1-6(2)8-4-7(3)9-5-8/h4-7,10,12,14,16H,8-9H2,1-3H3,(H,17,18);8-14H,4-7H2,1-3H3;8,10-12H,3,6-7H2,1-2,4-5H3;7-9H,3-6,10H2,1-2H3;6,8-9H,3-5H2,1-2H3/t12-,14?;9-,10-,11+;10-,11?;8-,9+;8-/m00010/s1. The number of aliphatic hydroxyl groups is 1. The van der Waals surface area contributed by atoms with Gasteiger partial charge >= 0.3 is 0 Å². The van der Waals surface area contributed by atoms with E-state index in [1.54, 1.807) is 0 Å². The molecule has 10 atom stereocenters. The minimum absolute atomic E-state index is 0.0436. The van der Waals surface area contributed by atoms with Crippen LogP contribution >= 0.6 is 0 Å². The molecule has 0 bridgehead atoms. The molecule has 6 rings (SSSR count). The van der Waals surface area contributed by atoms with Gasteiger partial charge in [-0.15, -0.1) is 0 Å². The van der Waals surface area contributed by atoms with Crippen LogP contribution in [0, 0.1) is 72.0 Å². The lowest BCUT2D eigenvalue weighted by Crippen LogP contribution is -2.36. The van der Waals surface area contributed by atoms with Crippen molar-refractivity contribution in [1.82, 2.24) is 31.5 Å². The Morgan fingerprint density at radius 3 is 1.81 bits per heavy atom. The molecule has 10 heteroatoms. The Morgan fingerprint density at radius 1 is 0.812 bits per heavy atom. The summed E-state index contributed by atoms with van der Waals surface area (Å²) in [5, 5.41) is 29.4. The third-order valence-electron chi connectivity index (χ3n) is 15.0. The number of aliphatic hydroxyl groups excluding tert-OH is 1. The van der Waals surface area contributed by atoms with Crippen molar-refractivity contribution < 1.29 is 9.90 Å². The van der Waals surface area contributed by atoms with E-state index in [1.807, 2.05) is 38.2 Å². The van der Waals surface area contributed by atoms with E-state index in [1.165, 1.54) is 43.5 Å². The molecule has 2 unspecified atom stereocenters. The van der Waals surface area contributed by atoms with E-state index in [0.717, 1.165) is 123 Å². The molecular weight excluding hydrogens is 793 g/mol. The van der Waals surface area contributed by atoms with Gasteiger partial charge in [0.1, 0.15) is 0 Å². The third kappa shape index (κ3) is 20.6. The fourth-order valence-electron chi connectivity index (χ4n) is 9.79. The highest BCUT2D eigenvalue weighted by molar-refractivity contribution is 5.95. The first-order valence-electron chi connectivity index (χ1n) is 25.6. The Bertz CT molecular complexity index is 1460. The van der Waals surface area contributed by atoms with Crippen molar-refractivity contribution in [3.63, 3.8) is 0 Å². The first kappa shape index (κ1) is 57.7. The number of nitrogens with one attached hydrogen (secondary N) is 6. The van der Waals surface area contributed by atoms with Gasteiger partial charge in [0.15, 0.2) is 0 Å². The predicted octanol–water partition coefficient (Wildman–Crippen LogP) is 8.64. The van der Waals surface area contributed by atoms with Crippen LogP contribution in [-0.2, 0) is 4.79 Å². The molecule has 4 aliphatic heterocycles. The maximum absolute atomic E-state index is 12.1. The molecule has 1 saturated carbocycles. The second kappa shape index (κ2) is 30.0. The molecule has 4 saturated heterocycles. The lowest BCUT2D eigenvalue weighted by molar-refractivity contribution is -0.117. The van der Waals surface area contributed by atoms with Crippen LogP contribution in [0.3, 0.4) is 0 Å². The first-order valence-corrected chi connectivity index (χ1v) is 25.6. The molecule has 1 aliphatic carbocycles. The molecule has 1 aromatic rings. The van der Waals surface area contributed by atoms with Gasteiger partial charge in [-0.25, -0.2) is 0 Å². The summed E-state index contributed by atoms with van der Waals surface area (Å²) >= 11 is 0. The molecule has 64 heavy (non-hydrogen) atoms. The number of amides is 1. The minimum Gasteiger partial charge on any atom is -0.391 e. The number of aryl methyl sites for hydroxylation is 1. The van der Waals surface area contributed by atoms with Gasteiger partial charge in [-0.3, -0.25) is 4.79 Å². The molecule has 1 amide bonds. The van der Waals surface area contributed by atoms with Gasteiger partial charge in [-0.1, -0.05) is 101 Å². The third-order valence-corrected chi connectivity index (χ3v) is 15.0. The minimum atomic E-state index is -0.189. The molecule has 0 spiro atoms. The molecule has 9 N–H and O–H groups in total. The van der Waals surface area contributed by atoms with Gasteiger partial charge < -0.3 is 47.6 Å². The smallest absolute Gasteiger partial charge is 0.241 e. The summed E-state index contributed by atoms with van der Waals surface area (Å²) < 4.78 is 0. The van der Waals surface area contributed by atoms with Crippen LogP contribution in [0.4, 0.5) is 5.69 Å². The van der Waals surface area contributed by atoms with E-state index < -0.39 is 0 Å². The monoisotopic (exact) mass is 895 g/mol. The second-order valence-electron chi connectivity index (χ2n) is 21.9. The Hall–Kier alpha value is -2.47. The number of anilines is 1. The number of hydrogen-bond donors (Lipinski definition) is 8. The quantitative estimate of drug-likeness (QED) is 0.0923. The molecule has 4 heterocycles. The van der Waals surface area contributed by atoms with Crippen LogP contribution in [0.15, 0.2) is 48.8 Å². The van der Waals surface area contributed by atoms with Crippen molar-refractivity contribution in [3.05, 3.63) is 54.4 Å². The van der Waals surface area contributed by atoms with Crippen LogP contribution in [-0.4, -0.2) is 101 Å². The fourth-order valence-corrected chi connectivity index (χ4v) is 9.79. The maximum atomic E-state index is 12.1. The lowest BCUT2D eigenvalue weighted by Gasteiger charge is -2.22. The van der Waals surface area contributed by atoms with Gasteiger partial charge in [0.05, 0.1) is 12.1 Å². The highest BCUT2D eigenvalue weighted by Crippen LogP contribution is 2.36. The molecular formula is C54H102N8O2. The summed E-state index contributed by atoms with van der Waals surface area (Å²) in [6, 6.07) is 8.69. The van der Waals surface area contributed by atoms with E-state index in [2.05, 4.69) is 133 Å². The summed E-state index contributed by atoms with van der Waals surface area (Å²) in [5.74, 6) is 8.63. The van der Waals surface area contributed by atoms with Gasteiger partial charge in [-0.05, 0) is 174 Å². The van der Waals surface area contributed by atoms with Gasteiger partial charge in [0.2, 0.25) is 5.91 Å². The van der Waals surface area contributed by atoms with Crippen LogP contribution in [0.1, 0.15) is 126 Å². The molecule has 1 aromatic carbocycles. The zero-order valence-corrected chi connectivity index (χ0v) is 43.7. The van der Waals surface area contributed by atoms with Crippen molar-refractivity contribution >= 4 is 11.6 Å². The molecule has 10 nitrogen and oxygen atoms in total. The normalized spacial score (nSPS) is 27.8. The number of carbonyl (C=O) groups is 1. The highest BCUT2D eigenvalue weighted by Gasteiger charge is 2.32. The van der Waals surface area contributed by atoms with Crippen LogP contribution < -0.4 is 37.6 Å². The molecule has 370 valence electrons. The summed E-state index contributed by atoms with van der Waals surface area (Å²) in [4.78, 5) is 14.2. The Morgan fingerprint density at radius 2 is 1.38 bits per heavy atom. The largest absolute Gasteiger partial charge is 0.391 e. The number of hydrogen-bond acceptors (Lipinski definition) is 9. The molecule has 5 aliphatic rings. The lowest BCUT2D eigenvalue weighted by atomic mass is 9.86. The van der Waals surface area contributed by atoms with Crippen molar-refractivity contribution in [1.29, 1.82) is 0 Å². The highest BCUT2D eigenvalue weighted by atomic mass is 16.3. The number of benzene rings is 1. The number of rotatable bonds is 14. The van der Waals surface area contributed by atoms with E-state index in [-0.39, 0.29) is 18.1 Å². The van der Waals surface area contributed by atoms with Crippen LogP contribution in [0.5, 0.6) is 0 Å². The van der Waals surface area contributed by atoms with Crippen LogP contribution in [0.2, 0.25) is 0 Å². The topological polar surface area (TPSA) is 139 Å². The van der Waals surface area contributed by atoms with Gasteiger partial charge in [0.25, 0.3) is 0 Å². The van der Waals surface area contributed by atoms with Crippen LogP contribution in [0.25, 0.3) is 0 Å². The summed E-state index contributed by atoms with van der Waals surface area (Å²) in [5.41, 5.74) is 10.1. The van der Waals surface area contributed by atoms with E-state index in [9.17, 15) is 9.90 Å². The SMILES string of the molecule is C=C(C1C[C@H](C(C)C)CN1)N(C)C.C=C1C[C@H](C(C)C)CN1.CC(C)[C@@H]1CCC[C@@H]1CN.CNCC[C@@H](O)[C@@H]1C[C@H](C(C)C)CN1.Cc1cccc(NC(=O)C2C[C@H](C(C)C)CN2)c1. The fraction of sp³-hybridized carbons (Fsp3) is 0.796. The van der Waals surface area contributed by atoms with Gasteiger partial charge in [-0.2, -0.15) is 0 Å². The van der Waals surface area contributed by atoms with E-state index in [0.29, 0.717) is 23.9 Å². The van der Waals surface area contributed by atoms with E-state index >= 15 is 0 Å². The summed E-state index contributed by atoms with van der Waals surface area (Å²) in [7, 11) is 6.05. The summed E-state index contributed by atoms with van der Waals surface area (Å²) in [6.45, 7) is 38.8. The number of nitrogens with zero attached hydrogens (tertiary/aromatic N) is 1. The summed E-state index contributed by atoms with van der Waals surface area (Å²) in [6.07, 6.45) is 9.35. The number of carbonyl (C=O) groups excluding carboxylic acids is 1. The van der Waals surface area contributed by atoms with Crippen molar-refractivity contribution in [2.75, 3.05) is 65.7 Å². The zero-order chi connectivity index (χ0) is 48.1. The van der Waals surface area contributed by atoms with E-state index in [4.69, 9.17) is 5.73 Å². The molecule has 5 fully saturated rings.